The number of nitrogens with one attached hydrogen (secondary N) is 1. The van der Waals surface area contributed by atoms with Gasteiger partial charge in [-0.3, -0.25) is 4.79 Å². The third-order valence-electron chi connectivity index (χ3n) is 2.98. The van der Waals surface area contributed by atoms with Crippen LogP contribution in [0.1, 0.15) is 15.9 Å². The van der Waals surface area contributed by atoms with Gasteiger partial charge in [-0.2, -0.15) is 0 Å². The normalized spacial score (nSPS) is 10.1. The van der Waals surface area contributed by atoms with E-state index in [4.69, 9.17) is 0 Å². The van der Waals surface area contributed by atoms with Crippen LogP contribution < -0.4 is 5.32 Å². The lowest BCUT2D eigenvalue weighted by molar-refractivity contribution is 0.0828. The minimum Gasteiger partial charge on any atom is -0.508 e. The quantitative estimate of drug-likeness (QED) is 0.898. The average molecular weight is 270 g/mol. The van der Waals surface area contributed by atoms with Gasteiger partial charge in [-0.15, -0.1) is 0 Å². The SMILES string of the molecule is CN(C)C(=O)c1ccccc1NCc1ccc(O)cc1. The molecule has 2 aromatic carbocycles. The molecule has 4 nitrogen and oxygen atoms in total. The Balaban J connectivity index is 2.13. The summed E-state index contributed by atoms with van der Waals surface area (Å²) in [4.78, 5) is 13.6. The molecule has 0 unspecified atom stereocenters. The van der Waals surface area contributed by atoms with Crippen LogP contribution in [0, 0.1) is 0 Å². The summed E-state index contributed by atoms with van der Waals surface area (Å²) in [5.41, 5.74) is 2.49. The zero-order valence-electron chi connectivity index (χ0n) is 11.6. The Kier molecular flexibility index (Phi) is 4.25. The van der Waals surface area contributed by atoms with Crippen molar-refractivity contribution in [2.45, 2.75) is 6.54 Å². The van der Waals surface area contributed by atoms with E-state index in [9.17, 15) is 9.90 Å². The fourth-order valence-electron chi connectivity index (χ4n) is 1.88. The monoisotopic (exact) mass is 270 g/mol. The predicted octanol–water partition coefficient (Wildman–Crippen LogP) is 2.71. The fraction of sp³-hybridized carbons (Fsp3) is 0.188. The predicted molar refractivity (Wildman–Crippen MR) is 79.9 cm³/mol. The van der Waals surface area contributed by atoms with E-state index in [0.29, 0.717) is 12.1 Å². The Morgan fingerprint density at radius 1 is 1.10 bits per heavy atom. The molecule has 0 aromatic heterocycles. The molecule has 0 atom stereocenters. The highest BCUT2D eigenvalue weighted by molar-refractivity contribution is 5.99. The van der Waals surface area contributed by atoms with Gasteiger partial charge in [0.2, 0.25) is 0 Å². The van der Waals surface area contributed by atoms with E-state index in [1.165, 1.54) is 0 Å². The maximum atomic E-state index is 12.1. The lowest BCUT2D eigenvalue weighted by Crippen LogP contribution is -2.22. The first-order valence-electron chi connectivity index (χ1n) is 6.40. The van der Waals surface area contributed by atoms with Gasteiger partial charge < -0.3 is 15.3 Å². The minimum atomic E-state index is -0.0289. The Morgan fingerprint density at radius 3 is 2.40 bits per heavy atom. The summed E-state index contributed by atoms with van der Waals surface area (Å²) in [6, 6.07) is 14.4. The number of anilines is 1. The van der Waals surface area contributed by atoms with Gasteiger partial charge in [0.25, 0.3) is 5.91 Å². The number of amides is 1. The molecule has 0 aliphatic carbocycles. The third kappa shape index (κ3) is 3.29. The third-order valence-corrected chi connectivity index (χ3v) is 2.98. The summed E-state index contributed by atoms with van der Waals surface area (Å²) in [6.45, 7) is 0.595. The first-order chi connectivity index (χ1) is 9.58. The van der Waals surface area contributed by atoms with Crippen LogP contribution >= 0.6 is 0 Å². The van der Waals surface area contributed by atoms with Crippen LogP contribution in [0.15, 0.2) is 48.5 Å². The van der Waals surface area contributed by atoms with Crippen molar-refractivity contribution in [3.63, 3.8) is 0 Å². The molecule has 2 rings (SSSR count). The van der Waals surface area contributed by atoms with E-state index >= 15 is 0 Å². The first kappa shape index (κ1) is 13.9. The van der Waals surface area contributed by atoms with E-state index in [1.54, 1.807) is 31.1 Å². The van der Waals surface area contributed by atoms with Crippen LogP contribution in [-0.2, 0) is 6.54 Å². The second-order valence-electron chi connectivity index (χ2n) is 4.77. The van der Waals surface area contributed by atoms with Crippen molar-refractivity contribution >= 4 is 11.6 Å². The van der Waals surface area contributed by atoms with E-state index in [0.717, 1.165) is 11.3 Å². The smallest absolute Gasteiger partial charge is 0.255 e. The number of benzene rings is 2. The van der Waals surface area contributed by atoms with E-state index < -0.39 is 0 Å². The number of hydrogen-bond donors (Lipinski definition) is 2. The summed E-state index contributed by atoms with van der Waals surface area (Å²) in [5, 5.41) is 12.5. The minimum absolute atomic E-state index is 0.0289. The summed E-state index contributed by atoms with van der Waals surface area (Å²) in [7, 11) is 3.47. The molecule has 0 saturated heterocycles. The number of rotatable bonds is 4. The zero-order chi connectivity index (χ0) is 14.5. The van der Waals surface area contributed by atoms with Crippen LogP contribution in [-0.4, -0.2) is 30.0 Å². The van der Waals surface area contributed by atoms with Crippen molar-refractivity contribution in [3.05, 3.63) is 59.7 Å². The van der Waals surface area contributed by atoms with Gasteiger partial charge in [-0.1, -0.05) is 24.3 Å². The van der Waals surface area contributed by atoms with Crippen LogP contribution in [0.5, 0.6) is 5.75 Å². The summed E-state index contributed by atoms with van der Waals surface area (Å²) >= 11 is 0. The molecule has 1 amide bonds. The number of para-hydroxylation sites is 1. The van der Waals surface area contributed by atoms with Crippen LogP contribution in [0.2, 0.25) is 0 Å². The molecule has 2 aromatic rings. The molecule has 0 bridgehead atoms. The molecule has 20 heavy (non-hydrogen) atoms. The van der Waals surface area contributed by atoms with Gasteiger partial charge in [0, 0.05) is 26.3 Å². The molecule has 0 heterocycles. The molecular formula is C16H18N2O2. The van der Waals surface area contributed by atoms with Gasteiger partial charge in [-0.05, 0) is 29.8 Å². The van der Waals surface area contributed by atoms with E-state index in [-0.39, 0.29) is 11.7 Å². The van der Waals surface area contributed by atoms with Crippen LogP contribution in [0.3, 0.4) is 0 Å². The molecule has 0 saturated carbocycles. The van der Waals surface area contributed by atoms with Crippen molar-refractivity contribution in [1.29, 1.82) is 0 Å². The number of phenolic OH excluding ortho intramolecular Hbond substituents is 1. The number of carbonyl (C=O) groups excluding carboxylic acids is 1. The molecular weight excluding hydrogens is 252 g/mol. The number of hydrogen-bond acceptors (Lipinski definition) is 3. The average Bonchev–Trinajstić information content (AvgIpc) is 2.46. The molecule has 4 heteroatoms. The second kappa shape index (κ2) is 6.10. The lowest BCUT2D eigenvalue weighted by Gasteiger charge is -2.15. The van der Waals surface area contributed by atoms with Gasteiger partial charge in [0.15, 0.2) is 0 Å². The molecule has 104 valence electrons. The van der Waals surface area contributed by atoms with Crippen molar-refractivity contribution in [2.24, 2.45) is 0 Å². The van der Waals surface area contributed by atoms with Crippen molar-refractivity contribution in [2.75, 3.05) is 19.4 Å². The van der Waals surface area contributed by atoms with Crippen molar-refractivity contribution < 1.29 is 9.90 Å². The molecule has 0 radical (unpaired) electrons. The van der Waals surface area contributed by atoms with Gasteiger partial charge in [0.1, 0.15) is 5.75 Å². The summed E-state index contributed by atoms with van der Waals surface area (Å²) < 4.78 is 0. The molecule has 0 fully saturated rings. The Morgan fingerprint density at radius 2 is 1.75 bits per heavy atom. The van der Waals surface area contributed by atoms with E-state index in [1.807, 2.05) is 36.4 Å². The van der Waals surface area contributed by atoms with E-state index in [2.05, 4.69) is 5.32 Å². The molecule has 2 N–H and O–H groups in total. The first-order valence-corrected chi connectivity index (χ1v) is 6.40. The Bertz CT molecular complexity index is 592. The van der Waals surface area contributed by atoms with Gasteiger partial charge in [0.05, 0.1) is 5.56 Å². The number of carbonyl (C=O) groups is 1. The van der Waals surface area contributed by atoms with Gasteiger partial charge in [-0.25, -0.2) is 0 Å². The van der Waals surface area contributed by atoms with Gasteiger partial charge >= 0.3 is 0 Å². The van der Waals surface area contributed by atoms with Crippen molar-refractivity contribution in [3.8, 4) is 5.75 Å². The number of aromatic hydroxyl groups is 1. The highest BCUT2D eigenvalue weighted by atomic mass is 16.3. The Hall–Kier alpha value is -2.49. The molecule has 0 aliphatic heterocycles. The zero-order valence-corrected chi connectivity index (χ0v) is 11.6. The van der Waals surface area contributed by atoms with Crippen molar-refractivity contribution in [1.82, 2.24) is 4.90 Å². The Labute approximate surface area is 118 Å². The maximum absolute atomic E-state index is 12.1. The molecule has 0 aliphatic rings. The number of phenols is 1. The highest BCUT2D eigenvalue weighted by Crippen LogP contribution is 2.18. The second-order valence-corrected chi connectivity index (χ2v) is 4.77. The number of nitrogens with zero attached hydrogens (tertiary/aromatic N) is 1. The summed E-state index contributed by atoms with van der Waals surface area (Å²) in [5.74, 6) is 0.218. The topological polar surface area (TPSA) is 52.6 Å². The van der Waals surface area contributed by atoms with Crippen LogP contribution in [0.4, 0.5) is 5.69 Å². The maximum Gasteiger partial charge on any atom is 0.255 e. The van der Waals surface area contributed by atoms with Crippen LogP contribution in [0.25, 0.3) is 0 Å². The largest absolute Gasteiger partial charge is 0.508 e. The standard InChI is InChI=1S/C16H18N2O2/c1-18(2)16(20)14-5-3-4-6-15(14)17-11-12-7-9-13(19)10-8-12/h3-10,17,19H,11H2,1-2H3. The highest BCUT2D eigenvalue weighted by Gasteiger charge is 2.12. The fourth-order valence-corrected chi connectivity index (χ4v) is 1.88. The molecule has 0 spiro atoms. The lowest BCUT2D eigenvalue weighted by atomic mass is 10.1. The summed E-state index contributed by atoms with van der Waals surface area (Å²) in [6.07, 6.45) is 0.